The lowest BCUT2D eigenvalue weighted by atomic mass is 10.0. The average Bonchev–Trinajstić information content (AvgIpc) is 3.22. The molecule has 1 aromatic carbocycles. The van der Waals surface area contributed by atoms with E-state index in [0.717, 1.165) is 50.9 Å². The number of piperidine rings is 1. The summed E-state index contributed by atoms with van der Waals surface area (Å²) in [6, 6.07) is 8.39. The van der Waals surface area contributed by atoms with Crippen molar-refractivity contribution in [3.63, 3.8) is 0 Å². The Balaban J connectivity index is 1.10. The molecule has 0 amide bonds. The highest BCUT2D eigenvalue weighted by Crippen LogP contribution is 2.52. The Kier molecular flexibility index (Phi) is 5.52. The number of rotatable bonds is 6. The van der Waals surface area contributed by atoms with Crippen LogP contribution in [0.4, 0.5) is 5.95 Å². The first-order valence-electron chi connectivity index (χ1n) is 10.3. The molecule has 0 N–H and O–H groups in total. The van der Waals surface area contributed by atoms with E-state index in [-0.39, 0.29) is 0 Å². The van der Waals surface area contributed by atoms with Crippen molar-refractivity contribution in [2.24, 2.45) is 17.8 Å². The van der Waals surface area contributed by atoms with Crippen LogP contribution in [-0.2, 0) is 11.0 Å². The number of benzene rings is 1. The minimum Gasteiger partial charge on any atom is -0.493 e. The van der Waals surface area contributed by atoms with E-state index in [9.17, 15) is 4.21 Å². The molecule has 0 spiro atoms. The SMILES string of the molecule is CS(=O)N1CC=C(c2ccc(OCC3C4CN(c5ncc(Cl)cn5)CC34)cc2)CC1. The molecule has 2 fully saturated rings. The Bertz CT molecular complexity index is 954. The molecule has 8 heteroatoms. The molecule has 30 heavy (non-hydrogen) atoms. The molecule has 158 valence electrons. The summed E-state index contributed by atoms with van der Waals surface area (Å²) >= 11 is 5.87. The van der Waals surface area contributed by atoms with E-state index in [0.29, 0.717) is 22.8 Å². The van der Waals surface area contributed by atoms with Crippen LogP contribution in [0.25, 0.3) is 5.57 Å². The Labute approximate surface area is 184 Å². The number of hydrogen-bond donors (Lipinski definition) is 0. The third kappa shape index (κ3) is 4.11. The minimum absolute atomic E-state index is 0.569. The standard InChI is InChI=1S/C22H25ClN4O2S/c1-30(28)27-8-6-16(7-9-27)15-2-4-18(5-3-15)29-14-21-19-12-26(13-20(19)21)22-24-10-17(23)11-25-22/h2-6,10-11,19-21H,7-9,12-14H2,1H3. The number of aromatic nitrogens is 2. The van der Waals surface area contributed by atoms with Crippen LogP contribution in [0.5, 0.6) is 5.75 Å². The van der Waals surface area contributed by atoms with Gasteiger partial charge in [0.05, 0.1) is 35.0 Å². The van der Waals surface area contributed by atoms with Gasteiger partial charge in [-0.25, -0.2) is 18.5 Å². The summed E-state index contributed by atoms with van der Waals surface area (Å²) in [6.07, 6.45) is 8.16. The first kappa shape index (κ1) is 20.0. The highest BCUT2D eigenvalue weighted by molar-refractivity contribution is 7.81. The number of nitrogens with zero attached hydrogens (tertiary/aromatic N) is 4. The third-order valence-corrected chi connectivity index (χ3v) is 7.72. The molecule has 3 aliphatic rings. The molecule has 0 bridgehead atoms. The summed E-state index contributed by atoms with van der Waals surface area (Å²) in [7, 11) is -0.891. The summed E-state index contributed by atoms with van der Waals surface area (Å²) in [6.45, 7) is 4.35. The second-order valence-electron chi connectivity index (χ2n) is 8.22. The molecule has 2 aliphatic heterocycles. The number of halogens is 1. The summed E-state index contributed by atoms with van der Waals surface area (Å²) in [5.74, 6) is 3.66. The van der Waals surface area contributed by atoms with Crippen LogP contribution >= 0.6 is 11.6 Å². The van der Waals surface area contributed by atoms with Gasteiger partial charge >= 0.3 is 0 Å². The second-order valence-corrected chi connectivity index (χ2v) is 10.0. The van der Waals surface area contributed by atoms with Crippen LogP contribution in [0.2, 0.25) is 5.02 Å². The highest BCUT2D eigenvalue weighted by atomic mass is 35.5. The lowest BCUT2D eigenvalue weighted by Crippen LogP contribution is -2.29. The fourth-order valence-corrected chi connectivity index (χ4v) is 5.36. The maximum Gasteiger partial charge on any atom is 0.225 e. The second kappa shape index (κ2) is 8.29. The van der Waals surface area contributed by atoms with Crippen molar-refractivity contribution >= 4 is 34.1 Å². The topological polar surface area (TPSA) is 58.6 Å². The number of ether oxygens (including phenoxy) is 1. The summed E-state index contributed by atoms with van der Waals surface area (Å²) in [5, 5.41) is 0.569. The van der Waals surface area contributed by atoms with Crippen LogP contribution in [-0.4, -0.2) is 57.5 Å². The molecular formula is C22H25ClN4O2S. The third-order valence-electron chi connectivity index (χ3n) is 6.46. The van der Waals surface area contributed by atoms with Crippen molar-refractivity contribution in [3.8, 4) is 5.75 Å². The van der Waals surface area contributed by atoms with Gasteiger partial charge in [-0.15, -0.1) is 0 Å². The number of anilines is 1. The van der Waals surface area contributed by atoms with Gasteiger partial charge in [0.15, 0.2) is 0 Å². The zero-order valence-electron chi connectivity index (χ0n) is 16.9. The summed E-state index contributed by atoms with van der Waals surface area (Å²) in [5.41, 5.74) is 2.55. The van der Waals surface area contributed by atoms with Gasteiger partial charge in [-0.3, -0.25) is 0 Å². The van der Waals surface area contributed by atoms with E-state index in [2.05, 4.69) is 45.2 Å². The van der Waals surface area contributed by atoms with Crippen molar-refractivity contribution in [1.82, 2.24) is 14.3 Å². The predicted molar refractivity (Wildman–Crippen MR) is 120 cm³/mol. The molecule has 1 saturated carbocycles. The van der Waals surface area contributed by atoms with E-state index >= 15 is 0 Å². The summed E-state index contributed by atoms with van der Waals surface area (Å²) < 4.78 is 19.6. The zero-order valence-corrected chi connectivity index (χ0v) is 18.5. The van der Waals surface area contributed by atoms with E-state index < -0.39 is 11.0 Å². The van der Waals surface area contributed by atoms with Gasteiger partial charge in [0.2, 0.25) is 5.95 Å². The van der Waals surface area contributed by atoms with E-state index in [1.165, 1.54) is 11.1 Å². The maximum atomic E-state index is 11.6. The van der Waals surface area contributed by atoms with Crippen LogP contribution in [0.3, 0.4) is 0 Å². The van der Waals surface area contributed by atoms with Gasteiger partial charge in [-0.2, -0.15) is 0 Å². The first-order valence-corrected chi connectivity index (χ1v) is 12.2. The Morgan fingerprint density at radius 2 is 1.87 bits per heavy atom. The van der Waals surface area contributed by atoms with Crippen molar-refractivity contribution < 1.29 is 8.95 Å². The van der Waals surface area contributed by atoms with Crippen LogP contribution in [0, 0.1) is 17.8 Å². The molecule has 1 aromatic heterocycles. The Hall–Kier alpha value is -1.96. The molecule has 1 aliphatic carbocycles. The monoisotopic (exact) mass is 444 g/mol. The molecule has 2 aromatic rings. The van der Waals surface area contributed by atoms with Crippen LogP contribution in [0.15, 0.2) is 42.7 Å². The predicted octanol–water partition coefficient (Wildman–Crippen LogP) is 3.27. The fraction of sp³-hybridized carbons (Fsp3) is 0.455. The number of hydrogen-bond acceptors (Lipinski definition) is 5. The summed E-state index contributed by atoms with van der Waals surface area (Å²) in [4.78, 5) is 10.9. The lowest BCUT2D eigenvalue weighted by Gasteiger charge is -2.23. The van der Waals surface area contributed by atoms with Gasteiger partial charge in [0.1, 0.15) is 5.75 Å². The van der Waals surface area contributed by atoms with Crippen LogP contribution < -0.4 is 9.64 Å². The van der Waals surface area contributed by atoms with Gasteiger partial charge in [0.25, 0.3) is 0 Å². The first-order chi connectivity index (χ1) is 14.6. The molecule has 3 atom stereocenters. The average molecular weight is 445 g/mol. The van der Waals surface area contributed by atoms with Crippen molar-refractivity contribution in [1.29, 1.82) is 0 Å². The zero-order chi connectivity index (χ0) is 20.7. The molecule has 3 unspecified atom stereocenters. The van der Waals surface area contributed by atoms with Gasteiger partial charge < -0.3 is 9.64 Å². The van der Waals surface area contributed by atoms with E-state index in [1.807, 2.05) is 4.31 Å². The van der Waals surface area contributed by atoms with E-state index in [4.69, 9.17) is 16.3 Å². The molecule has 6 nitrogen and oxygen atoms in total. The van der Waals surface area contributed by atoms with Crippen molar-refractivity contribution in [3.05, 3.63) is 53.3 Å². The normalized spacial score (nSPS) is 26.8. The highest BCUT2D eigenvalue weighted by Gasteiger charge is 2.56. The molecule has 3 heterocycles. The minimum atomic E-state index is -0.891. The molecule has 0 radical (unpaired) electrons. The van der Waals surface area contributed by atoms with Crippen molar-refractivity contribution in [2.75, 3.05) is 43.9 Å². The fourth-order valence-electron chi connectivity index (χ4n) is 4.63. The molecule has 1 saturated heterocycles. The van der Waals surface area contributed by atoms with Gasteiger partial charge in [0, 0.05) is 38.4 Å². The van der Waals surface area contributed by atoms with Crippen LogP contribution in [0.1, 0.15) is 12.0 Å². The smallest absolute Gasteiger partial charge is 0.225 e. The van der Waals surface area contributed by atoms with Crippen molar-refractivity contribution in [2.45, 2.75) is 6.42 Å². The van der Waals surface area contributed by atoms with Gasteiger partial charge in [-0.1, -0.05) is 29.8 Å². The van der Waals surface area contributed by atoms with Gasteiger partial charge in [-0.05, 0) is 41.5 Å². The number of fused-ring (bicyclic) bond motifs is 1. The quantitative estimate of drug-likeness (QED) is 0.684. The molecule has 5 rings (SSSR count). The largest absolute Gasteiger partial charge is 0.493 e. The maximum absolute atomic E-state index is 11.6. The Morgan fingerprint density at radius 3 is 2.47 bits per heavy atom. The lowest BCUT2D eigenvalue weighted by molar-refractivity contribution is 0.283. The molecular weight excluding hydrogens is 420 g/mol. The van der Waals surface area contributed by atoms with E-state index in [1.54, 1.807) is 18.6 Å². The Morgan fingerprint density at radius 1 is 1.17 bits per heavy atom.